The van der Waals surface area contributed by atoms with Crippen LogP contribution in [0.5, 0.6) is 0 Å². The Kier molecular flexibility index (Phi) is 4.82. The summed E-state index contributed by atoms with van der Waals surface area (Å²) >= 11 is 0. The van der Waals surface area contributed by atoms with E-state index in [0.717, 1.165) is 12.8 Å². The van der Waals surface area contributed by atoms with Crippen molar-refractivity contribution in [1.29, 1.82) is 0 Å². The molecule has 0 aromatic heterocycles. The molecule has 2 N–H and O–H groups in total. The third-order valence-electron chi connectivity index (χ3n) is 5.19. The second-order valence-electron chi connectivity index (χ2n) is 6.68. The molecule has 2 aliphatic carbocycles. The largest absolute Gasteiger partial charge is 0.595 e. The summed E-state index contributed by atoms with van der Waals surface area (Å²) in [5.74, 6) is -0.391. The molecular weight excluding hydrogens is 336 g/mol. The van der Waals surface area contributed by atoms with Crippen molar-refractivity contribution in [3.63, 3.8) is 0 Å². The van der Waals surface area contributed by atoms with Gasteiger partial charge in [0.05, 0.1) is 0 Å². The van der Waals surface area contributed by atoms with E-state index in [1.54, 1.807) is 54.6 Å². The number of carbonyl (C=O) groups is 1. The highest BCUT2D eigenvalue weighted by molar-refractivity contribution is 5.89. The van der Waals surface area contributed by atoms with Crippen LogP contribution < -0.4 is 10.5 Å². The molecule has 2 aliphatic rings. The van der Waals surface area contributed by atoms with Crippen molar-refractivity contribution in [2.45, 2.75) is 25.0 Å². The summed E-state index contributed by atoms with van der Waals surface area (Å²) in [7, 11) is 0. The highest BCUT2D eigenvalue weighted by atomic mass is 16.9. The summed E-state index contributed by atoms with van der Waals surface area (Å²) in [6.07, 6.45) is -0.209. The maximum atomic E-state index is 12.6. The van der Waals surface area contributed by atoms with E-state index in [-0.39, 0.29) is 17.6 Å². The molecule has 0 saturated heterocycles. The molecule has 7 heteroatoms. The standard InChI is InChI=1S/C19H20N2O5/c22-17-15-11-12-16(15)18(25-20(23)13-7-3-1-4-8-13)19(17)26-21(24)14-9-5-2-6-10-14/h1-10,15-16,18-21H,11-12H2. The van der Waals surface area contributed by atoms with Gasteiger partial charge in [0.15, 0.2) is 23.3 Å². The number of Topliss-reactive ketones (excluding diaryl/α,β-unsaturated/α-hetero) is 1. The van der Waals surface area contributed by atoms with E-state index >= 15 is 0 Å². The molecule has 26 heavy (non-hydrogen) atoms. The fourth-order valence-corrected chi connectivity index (χ4v) is 3.67. The first kappa shape index (κ1) is 17.3. The Balaban J connectivity index is 1.51. The van der Waals surface area contributed by atoms with Crippen LogP contribution in [0.15, 0.2) is 60.7 Å². The summed E-state index contributed by atoms with van der Waals surface area (Å²) < 4.78 is 0. The van der Waals surface area contributed by atoms with Gasteiger partial charge in [0.1, 0.15) is 0 Å². The van der Waals surface area contributed by atoms with E-state index in [1.165, 1.54) is 0 Å². The average Bonchev–Trinajstić information content (AvgIpc) is 2.81. The second-order valence-corrected chi connectivity index (χ2v) is 6.68. The van der Waals surface area contributed by atoms with Gasteiger partial charge in [-0.15, -0.1) is 0 Å². The average molecular weight is 356 g/mol. The highest BCUT2D eigenvalue weighted by Gasteiger charge is 2.59. The molecule has 0 spiro atoms. The molecule has 0 aliphatic heterocycles. The number of hydrogen-bond acceptors (Lipinski definition) is 5. The summed E-state index contributed by atoms with van der Waals surface area (Å²) in [5, 5.41) is 23.7. The molecule has 6 atom stereocenters. The normalized spacial score (nSPS) is 29.7. The first-order chi connectivity index (χ1) is 12.6. The summed E-state index contributed by atoms with van der Waals surface area (Å²) in [6, 6.07) is 17.1. The Labute approximate surface area is 150 Å². The number of benzene rings is 2. The zero-order valence-corrected chi connectivity index (χ0v) is 14.0. The van der Waals surface area contributed by atoms with Crippen LogP contribution in [0.2, 0.25) is 0 Å². The molecule has 4 rings (SSSR count). The Bertz CT molecular complexity index is 757. The molecule has 2 aromatic rings. The van der Waals surface area contributed by atoms with Crippen LogP contribution in [0.4, 0.5) is 11.4 Å². The third-order valence-corrected chi connectivity index (χ3v) is 5.19. The lowest BCUT2D eigenvalue weighted by Crippen LogP contribution is -3.04. The molecular formula is C19H20N2O5. The predicted octanol–water partition coefficient (Wildman–Crippen LogP) is 0.624. The predicted molar refractivity (Wildman–Crippen MR) is 91.8 cm³/mol. The van der Waals surface area contributed by atoms with E-state index in [9.17, 15) is 15.2 Å². The SMILES string of the molecule is O=C1C2CCC2C(O[NH+]([O-])c2ccccc2)C1O[NH+]([O-])c1ccccc1. The zero-order chi connectivity index (χ0) is 18.1. The fraction of sp³-hybridized carbons (Fsp3) is 0.316. The number of rotatable bonds is 6. The van der Waals surface area contributed by atoms with E-state index < -0.39 is 22.7 Å². The van der Waals surface area contributed by atoms with E-state index in [1.807, 2.05) is 6.07 Å². The number of hydrogen-bond donors (Lipinski definition) is 2. The molecule has 0 heterocycles. The summed E-state index contributed by atoms with van der Waals surface area (Å²) in [5.41, 5.74) is 0.781. The van der Waals surface area contributed by atoms with Gasteiger partial charge in [0, 0.05) is 36.1 Å². The van der Waals surface area contributed by atoms with Gasteiger partial charge >= 0.3 is 0 Å². The smallest absolute Gasteiger partial charge is 0.208 e. The van der Waals surface area contributed by atoms with Crippen molar-refractivity contribution in [3.8, 4) is 0 Å². The third kappa shape index (κ3) is 3.16. The minimum atomic E-state index is -1.03. The highest BCUT2D eigenvalue weighted by Crippen LogP contribution is 2.46. The minimum absolute atomic E-state index is 0.0660. The maximum Gasteiger partial charge on any atom is 0.208 e. The van der Waals surface area contributed by atoms with Gasteiger partial charge < -0.3 is 10.4 Å². The number of ketones is 1. The van der Waals surface area contributed by atoms with Gasteiger partial charge in [-0.2, -0.15) is 20.1 Å². The maximum absolute atomic E-state index is 12.6. The lowest BCUT2D eigenvalue weighted by atomic mass is 9.75. The second kappa shape index (κ2) is 7.24. The molecule has 7 nitrogen and oxygen atoms in total. The Morgan fingerprint density at radius 3 is 1.85 bits per heavy atom. The monoisotopic (exact) mass is 356 g/mol. The number of carbonyl (C=O) groups excluding carboxylic acids is 1. The van der Waals surface area contributed by atoms with Crippen molar-refractivity contribution in [2.24, 2.45) is 11.8 Å². The van der Waals surface area contributed by atoms with Gasteiger partial charge in [0.2, 0.25) is 6.10 Å². The van der Waals surface area contributed by atoms with Crippen molar-refractivity contribution < 1.29 is 24.9 Å². The van der Waals surface area contributed by atoms with E-state index in [4.69, 9.17) is 9.68 Å². The van der Waals surface area contributed by atoms with Gasteiger partial charge in [-0.3, -0.25) is 4.79 Å². The molecule has 0 bridgehead atoms. The first-order valence-corrected chi connectivity index (χ1v) is 8.71. The van der Waals surface area contributed by atoms with Crippen molar-refractivity contribution in [3.05, 3.63) is 71.1 Å². The number of quaternary nitrogens is 2. The minimum Gasteiger partial charge on any atom is -0.595 e. The number of nitrogens with one attached hydrogen (secondary N) is 2. The zero-order valence-electron chi connectivity index (χ0n) is 14.0. The van der Waals surface area contributed by atoms with Crippen LogP contribution in [0.1, 0.15) is 12.8 Å². The summed E-state index contributed by atoms with van der Waals surface area (Å²) in [4.78, 5) is 23.7. The lowest BCUT2D eigenvalue weighted by molar-refractivity contribution is -1.02. The van der Waals surface area contributed by atoms with Gasteiger partial charge in [-0.1, -0.05) is 36.4 Å². The van der Waals surface area contributed by atoms with E-state index in [2.05, 4.69) is 0 Å². The van der Waals surface area contributed by atoms with Crippen molar-refractivity contribution in [2.75, 3.05) is 0 Å². The van der Waals surface area contributed by atoms with Gasteiger partial charge in [-0.05, 0) is 12.8 Å². The molecule has 0 radical (unpaired) electrons. The first-order valence-electron chi connectivity index (χ1n) is 8.71. The number of fused-ring (bicyclic) bond motifs is 1. The molecule has 2 fully saturated rings. The lowest BCUT2D eigenvalue weighted by Gasteiger charge is -2.34. The van der Waals surface area contributed by atoms with Crippen LogP contribution in [0.25, 0.3) is 0 Å². The molecule has 136 valence electrons. The van der Waals surface area contributed by atoms with Gasteiger partial charge in [-0.25, -0.2) is 0 Å². The fourth-order valence-electron chi connectivity index (χ4n) is 3.67. The Morgan fingerprint density at radius 2 is 1.35 bits per heavy atom. The Morgan fingerprint density at radius 1 is 0.808 bits per heavy atom. The van der Waals surface area contributed by atoms with Crippen LogP contribution in [-0.2, 0) is 14.5 Å². The molecule has 2 saturated carbocycles. The molecule has 2 aromatic carbocycles. The van der Waals surface area contributed by atoms with Crippen LogP contribution in [0, 0.1) is 22.3 Å². The quantitative estimate of drug-likeness (QED) is 0.741. The van der Waals surface area contributed by atoms with Crippen LogP contribution in [-0.4, -0.2) is 18.0 Å². The van der Waals surface area contributed by atoms with Crippen LogP contribution >= 0.6 is 0 Å². The molecule has 6 unspecified atom stereocenters. The molecule has 0 amide bonds. The topological polar surface area (TPSA) is 90.5 Å². The van der Waals surface area contributed by atoms with Gasteiger partial charge in [0.25, 0.3) is 0 Å². The Hall–Kier alpha value is -2.13. The van der Waals surface area contributed by atoms with Crippen LogP contribution in [0.3, 0.4) is 0 Å². The van der Waals surface area contributed by atoms with Crippen molar-refractivity contribution in [1.82, 2.24) is 0 Å². The summed E-state index contributed by atoms with van der Waals surface area (Å²) in [6.45, 7) is 0. The van der Waals surface area contributed by atoms with Crippen molar-refractivity contribution >= 4 is 17.2 Å². The van der Waals surface area contributed by atoms with E-state index in [0.29, 0.717) is 11.4 Å².